The molecule has 0 saturated carbocycles. The van der Waals surface area contributed by atoms with Crippen molar-refractivity contribution in [1.82, 2.24) is 9.78 Å². The molecule has 2 aromatic carbocycles. The zero-order chi connectivity index (χ0) is 23.5. The first kappa shape index (κ1) is 22.1. The Hall–Kier alpha value is -4.15. The smallest absolute Gasteiger partial charge is 0.359 e. The number of hydrogen-bond acceptors (Lipinski definition) is 6. The molecular formula is C22H18F2N4O5. The molecule has 0 atom stereocenters. The highest BCUT2D eigenvalue weighted by molar-refractivity contribution is 5.95. The van der Waals surface area contributed by atoms with Crippen LogP contribution < -0.4 is 5.32 Å². The molecule has 0 spiro atoms. The third-order valence-electron chi connectivity index (χ3n) is 5.21. The number of esters is 1. The fourth-order valence-corrected chi connectivity index (χ4v) is 3.67. The van der Waals surface area contributed by atoms with E-state index in [0.717, 1.165) is 36.7 Å². The van der Waals surface area contributed by atoms with Gasteiger partial charge in [0.15, 0.2) is 12.3 Å². The molecule has 0 saturated heterocycles. The topological polar surface area (TPSA) is 116 Å². The Labute approximate surface area is 186 Å². The van der Waals surface area contributed by atoms with Crippen molar-refractivity contribution in [1.29, 1.82) is 0 Å². The van der Waals surface area contributed by atoms with Crippen LogP contribution in [0.5, 0.6) is 0 Å². The molecule has 0 aliphatic heterocycles. The molecule has 1 amide bonds. The highest BCUT2D eigenvalue weighted by atomic mass is 19.1. The minimum absolute atomic E-state index is 0.0587. The summed E-state index contributed by atoms with van der Waals surface area (Å²) in [6.45, 7) is -0.737. The second-order valence-electron chi connectivity index (χ2n) is 7.41. The molecule has 1 heterocycles. The Bertz CT molecular complexity index is 1240. The van der Waals surface area contributed by atoms with Crippen LogP contribution in [0.3, 0.4) is 0 Å². The molecule has 170 valence electrons. The zero-order valence-corrected chi connectivity index (χ0v) is 17.2. The van der Waals surface area contributed by atoms with Crippen LogP contribution in [0.15, 0.2) is 42.5 Å². The maximum absolute atomic E-state index is 13.9. The first-order valence-electron chi connectivity index (χ1n) is 10.1. The fourth-order valence-electron chi connectivity index (χ4n) is 3.67. The van der Waals surface area contributed by atoms with Gasteiger partial charge < -0.3 is 10.1 Å². The lowest BCUT2D eigenvalue weighted by atomic mass is 9.95. The number of halogens is 2. The van der Waals surface area contributed by atoms with Gasteiger partial charge >= 0.3 is 5.97 Å². The summed E-state index contributed by atoms with van der Waals surface area (Å²) in [5.74, 6) is -2.96. The molecule has 0 unspecified atom stereocenters. The quantitative estimate of drug-likeness (QED) is 0.343. The van der Waals surface area contributed by atoms with E-state index in [4.69, 9.17) is 4.74 Å². The molecular weight excluding hydrogens is 438 g/mol. The molecule has 1 aliphatic rings. The minimum Gasteiger partial charge on any atom is -0.451 e. The number of nitrogens with one attached hydrogen (secondary N) is 1. The van der Waals surface area contributed by atoms with E-state index in [0.29, 0.717) is 24.1 Å². The summed E-state index contributed by atoms with van der Waals surface area (Å²) in [4.78, 5) is 34.9. The van der Waals surface area contributed by atoms with Crippen LogP contribution in [0.25, 0.3) is 5.69 Å². The van der Waals surface area contributed by atoms with Crippen LogP contribution >= 0.6 is 0 Å². The highest BCUT2D eigenvalue weighted by Gasteiger charge is 2.27. The number of nitrogens with zero attached hydrogens (tertiary/aromatic N) is 3. The van der Waals surface area contributed by atoms with E-state index in [1.807, 2.05) is 0 Å². The number of hydrogen-bond donors (Lipinski definition) is 1. The summed E-state index contributed by atoms with van der Waals surface area (Å²) in [5.41, 5.74) is 1.38. The number of amides is 1. The van der Waals surface area contributed by atoms with Gasteiger partial charge in [-0.1, -0.05) is 0 Å². The van der Waals surface area contributed by atoms with Gasteiger partial charge in [0.2, 0.25) is 0 Å². The molecule has 33 heavy (non-hydrogen) atoms. The zero-order valence-electron chi connectivity index (χ0n) is 17.2. The van der Waals surface area contributed by atoms with Gasteiger partial charge in [-0.25, -0.2) is 18.3 Å². The summed E-state index contributed by atoms with van der Waals surface area (Å²) in [6.07, 6.45) is 3.05. The number of nitro groups is 1. The number of carbonyl (C=O) groups is 2. The Kier molecular flexibility index (Phi) is 6.11. The maximum atomic E-state index is 13.9. The van der Waals surface area contributed by atoms with Crippen LogP contribution in [-0.4, -0.2) is 33.2 Å². The van der Waals surface area contributed by atoms with Gasteiger partial charge in [0, 0.05) is 23.4 Å². The van der Waals surface area contributed by atoms with Crippen molar-refractivity contribution in [3.8, 4) is 5.69 Å². The Morgan fingerprint density at radius 3 is 2.58 bits per heavy atom. The SMILES string of the molecule is O=C(COC(=O)c1nn(-c2ccc(F)cc2)c2c1CCCC2)Nc1cc([N+](=O)[O-])ccc1F. The number of ether oxygens (including phenoxy) is 1. The summed E-state index contributed by atoms with van der Waals surface area (Å²) < 4.78 is 33.8. The van der Waals surface area contributed by atoms with Crippen LogP contribution in [0.2, 0.25) is 0 Å². The lowest BCUT2D eigenvalue weighted by Gasteiger charge is -2.14. The predicted octanol–water partition coefficient (Wildman–Crippen LogP) is 3.73. The van der Waals surface area contributed by atoms with Gasteiger partial charge in [0.25, 0.3) is 11.6 Å². The Balaban J connectivity index is 1.49. The van der Waals surface area contributed by atoms with E-state index in [-0.39, 0.29) is 5.69 Å². The molecule has 0 fully saturated rings. The molecule has 11 heteroatoms. The minimum atomic E-state index is -0.868. The third-order valence-corrected chi connectivity index (χ3v) is 5.21. The van der Waals surface area contributed by atoms with Crippen LogP contribution in [-0.2, 0) is 22.4 Å². The number of carbonyl (C=O) groups excluding carboxylic acids is 2. The van der Waals surface area contributed by atoms with Crippen molar-refractivity contribution < 1.29 is 28.0 Å². The molecule has 1 aromatic heterocycles. The first-order chi connectivity index (χ1) is 15.8. The second-order valence-corrected chi connectivity index (χ2v) is 7.41. The molecule has 3 aromatic rings. The van der Waals surface area contributed by atoms with Crippen molar-refractivity contribution in [3.05, 3.63) is 81.2 Å². The van der Waals surface area contributed by atoms with Gasteiger partial charge in [0.1, 0.15) is 11.6 Å². The number of fused-ring (bicyclic) bond motifs is 1. The van der Waals surface area contributed by atoms with E-state index < -0.39 is 46.4 Å². The van der Waals surface area contributed by atoms with E-state index in [2.05, 4.69) is 10.4 Å². The molecule has 1 N–H and O–H groups in total. The van der Waals surface area contributed by atoms with E-state index in [1.54, 1.807) is 16.8 Å². The van der Waals surface area contributed by atoms with E-state index in [9.17, 15) is 28.5 Å². The van der Waals surface area contributed by atoms with Crippen molar-refractivity contribution in [2.45, 2.75) is 25.7 Å². The molecule has 0 radical (unpaired) electrons. The summed E-state index contributed by atoms with van der Waals surface area (Å²) >= 11 is 0. The monoisotopic (exact) mass is 456 g/mol. The van der Waals surface area contributed by atoms with Gasteiger partial charge in [-0.15, -0.1) is 0 Å². The third kappa shape index (κ3) is 4.71. The lowest BCUT2D eigenvalue weighted by molar-refractivity contribution is -0.384. The lowest BCUT2D eigenvalue weighted by Crippen LogP contribution is -2.22. The van der Waals surface area contributed by atoms with Crippen LogP contribution in [0.4, 0.5) is 20.2 Å². The average Bonchev–Trinajstić information content (AvgIpc) is 3.19. The summed E-state index contributed by atoms with van der Waals surface area (Å²) in [5, 5.41) is 17.3. The van der Waals surface area contributed by atoms with Gasteiger partial charge in [0.05, 0.1) is 16.3 Å². The number of benzene rings is 2. The van der Waals surface area contributed by atoms with Crippen LogP contribution in [0.1, 0.15) is 34.6 Å². The normalized spacial score (nSPS) is 12.7. The number of aromatic nitrogens is 2. The second kappa shape index (κ2) is 9.15. The molecule has 0 bridgehead atoms. The first-order valence-corrected chi connectivity index (χ1v) is 10.1. The van der Waals surface area contributed by atoms with Crippen molar-refractivity contribution in [2.24, 2.45) is 0 Å². The summed E-state index contributed by atoms with van der Waals surface area (Å²) in [6, 6.07) is 8.37. The maximum Gasteiger partial charge on any atom is 0.359 e. The van der Waals surface area contributed by atoms with E-state index >= 15 is 0 Å². The fraction of sp³-hybridized carbons (Fsp3) is 0.227. The standard InChI is InChI=1S/C22H18F2N4O5/c23-13-5-7-14(8-6-13)27-19-4-2-1-3-16(19)21(26-27)22(30)33-12-20(29)25-18-11-15(28(31)32)9-10-17(18)24/h5-11H,1-4,12H2,(H,25,29). The largest absolute Gasteiger partial charge is 0.451 e. The number of rotatable bonds is 6. The van der Waals surface area contributed by atoms with Gasteiger partial charge in [-0.3, -0.25) is 14.9 Å². The predicted molar refractivity (Wildman–Crippen MR) is 112 cm³/mol. The number of nitro benzene ring substituents is 1. The number of anilines is 1. The van der Waals surface area contributed by atoms with Gasteiger partial charge in [-0.05, 0) is 56.0 Å². The molecule has 9 nitrogen and oxygen atoms in total. The van der Waals surface area contributed by atoms with Crippen molar-refractivity contribution in [3.63, 3.8) is 0 Å². The van der Waals surface area contributed by atoms with Crippen LogP contribution in [0, 0.1) is 21.7 Å². The molecule has 4 rings (SSSR count). The summed E-state index contributed by atoms with van der Waals surface area (Å²) in [7, 11) is 0. The van der Waals surface area contributed by atoms with Crippen molar-refractivity contribution >= 4 is 23.3 Å². The highest BCUT2D eigenvalue weighted by Crippen LogP contribution is 2.27. The average molecular weight is 456 g/mol. The Morgan fingerprint density at radius 2 is 1.85 bits per heavy atom. The number of non-ortho nitro benzene ring substituents is 1. The Morgan fingerprint density at radius 1 is 1.12 bits per heavy atom. The molecule has 1 aliphatic carbocycles. The van der Waals surface area contributed by atoms with Gasteiger partial charge in [-0.2, -0.15) is 5.10 Å². The van der Waals surface area contributed by atoms with E-state index in [1.165, 1.54) is 12.1 Å². The van der Waals surface area contributed by atoms with Crippen molar-refractivity contribution in [2.75, 3.05) is 11.9 Å².